The lowest BCUT2D eigenvalue weighted by Crippen LogP contribution is -2.49. The molecule has 0 spiro atoms. The van der Waals surface area contributed by atoms with Gasteiger partial charge in [-0.05, 0) is 37.7 Å². The van der Waals surface area contributed by atoms with Crippen LogP contribution in [-0.2, 0) is 0 Å². The maximum absolute atomic E-state index is 13.6. The van der Waals surface area contributed by atoms with E-state index in [-0.39, 0.29) is 17.8 Å². The van der Waals surface area contributed by atoms with Gasteiger partial charge in [0.1, 0.15) is 17.2 Å². The third-order valence-corrected chi connectivity index (χ3v) is 5.85. The van der Waals surface area contributed by atoms with Gasteiger partial charge in [0, 0.05) is 37.6 Å². The third kappa shape index (κ3) is 3.71. The molecule has 1 aromatic carbocycles. The van der Waals surface area contributed by atoms with Crippen LogP contribution < -0.4 is 0 Å². The van der Waals surface area contributed by atoms with Crippen molar-refractivity contribution in [2.45, 2.75) is 13.0 Å². The number of benzene rings is 1. The number of amides is 1. The number of piperazine rings is 1. The number of aryl methyl sites for hydroxylation is 1. The summed E-state index contributed by atoms with van der Waals surface area (Å²) < 4.78 is 15.3. The van der Waals surface area contributed by atoms with Gasteiger partial charge in [-0.25, -0.2) is 13.9 Å². The van der Waals surface area contributed by atoms with E-state index in [2.05, 4.69) is 25.2 Å². The first-order chi connectivity index (χ1) is 15.5. The van der Waals surface area contributed by atoms with Crippen LogP contribution in [0.3, 0.4) is 0 Å². The van der Waals surface area contributed by atoms with Crippen LogP contribution in [0.25, 0.3) is 16.6 Å². The Labute approximate surface area is 184 Å². The number of nitrogens with zero attached hydrogens (tertiary/aromatic N) is 7. The molecule has 1 atom stereocenters. The fourth-order valence-corrected chi connectivity index (χ4v) is 4.01. The zero-order valence-electron chi connectivity index (χ0n) is 17.8. The van der Waals surface area contributed by atoms with Gasteiger partial charge < -0.3 is 4.90 Å². The van der Waals surface area contributed by atoms with E-state index in [9.17, 15) is 9.18 Å². The van der Waals surface area contributed by atoms with Crippen LogP contribution in [-0.4, -0.2) is 67.2 Å². The zero-order chi connectivity index (χ0) is 22.2. The summed E-state index contributed by atoms with van der Waals surface area (Å²) in [4.78, 5) is 25.3. The molecule has 5 rings (SSSR count). The molecule has 4 aromatic rings. The molecule has 1 aliphatic heterocycles. The van der Waals surface area contributed by atoms with E-state index in [1.807, 2.05) is 38.4 Å². The molecule has 1 amide bonds. The lowest BCUT2D eigenvalue weighted by atomic mass is 10.1. The molecule has 8 nitrogen and oxygen atoms in total. The minimum atomic E-state index is -0.284. The van der Waals surface area contributed by atoms with E-state index in [0.717, 1.165) is 28.0 Å². The molecule has 9 heteroatoms. The SMILES string of the molecule is Cc1cnc(C(=O)N2CCN(C)[C@H](c3nnn4cc(-c5cccc(F)c5)ccc34)C2)cn1. The topological polar surface area (TPSA) is 79.5 Å². The highest BCUT2D eigenvalue weighted by Crippen LogP contribution is 2.28. The average Bonchev–Trinajstić information content (AvgIpc) is 3.22. The number of hydrogen-bond donors (Lipinski definition) is 0. The summed E-state index contributed by atoms with van der Waals surface area (Å²) in [5.41, 5.74) is 4.38. The van der Waals surface area contributed by atoms with Crippen molar-refractivity contribution in [3.63, 3.8) is 0 Å². The highest BCUT2D eigenvalue weighted by molar-refractivity contribution is 5.92. The molecular formula is C23H22FN7O. The van der Waals surface area contributed by atoms with Gasteiger partial charge in [-0.1, -0.05) is 23.4 Å². The van der Waals surface area contributed by atoms with Crippen molar-refractivity contribution in [3.8, 4) is 11.1 Å². The molecule has 4 heterocycles. The van der Waals surface area contributed by atoms with Crippen LogP contribution in [0.1, 0.15) is 27.9 Å². The molecular weight excluding hydrogens is 409 g/mol. The van der Waals surface area contributed by atoms with E-state index in [1.54, 1.807) is 21.7 Å². The second-order valence-electron chi connectivity index (χ2n) is 8.02. The summed E-state index contributed by atoms with van der Waals surface area (Å²) in [6, 6.07) is 10.2. The molecule has 0 bridgehead atoms. The summed E-state index contributed by atoms with van der Waals surface area (Å²) in [5.74, 6) is -0.422. The van der Waals surface area contributed by atoms with Crippen LogP contribution in [0, 0.1) is 12.7 Å². The summed E-state index contributed by atoms with van der Waals surface area (Å²) in [6.45, 7) is 3.62. The van der Waals surface area contributed by atoms with Crippen LogP contribution in [0.15, 0.2) is 55.0 Å². The van der Waals surface area contributed by atoms with Crippen molar-refractivity contribution in [2.75, 3.05) is 26.7 Å². The minimum Gasteiger partial charge on any atom is -0.334 e. The van der Waals surface area contributed by atoms with Gasteiger partial charge in [-0.2, -0.15) is 0 Å². The van der Waals surface area contributed by atoms with Gasteiger partial charge in [-0.3, -0.25) is 14.7 Å². The van der Waals surface area contributed by atoms with E-state index >= 15 is 0 Å². The molecule has 0 saturated carbocycles. The smallest absolute Gasteiger partial charge is 0.274 e. The predicted octanol–water partition coefficient (Wildman–Crippen LogP) is 2.76. The molecule has 162 valence electrons. The third-order valence-electron chi connectivity index (χ3n) is 5.85. The first-order valence-corrected chi connectivity index (χ1v) is 10.4. The number of carbonyl (C=O) groups excluding carboxylic acids is 1. The number of hydrogen-bond acceptors (Lipinski definition) is 6. The van der Waals surface area contributed by atoms with E-state index in [1.165, 1.54) is 18.3 Å². The van der Waals surface area contributed by atoms with Crippen molar-refractivity contribution in [1.29, 1.82) is 0 Å². The lowest BCUT2D eigenvalue weighted by molar-refractivity contribution is 0.0536. The maximum atomic E-state index is 13.6. The Kier molecular flexibility index (Phi) is 5.10. The molecule has 0 unspecified atom stereocenters. The highest BCUT2D eigenvalue weighted by Gasteiger charge is 2.32. The van der Waals surface area contributed by atoms with Gasteiger partial charge in [0.15, 0.2) is 0 Å². The molecule has 1 aliphatic rings. The van der Waals surface area contributed by atoms with Crippen LogP contribution in [0.5, 0.6) is 0 Å². The van der Waals surface area contributed by atoms with Gasteiger partial charge in [0.25, 0.3) is 5.91 Å². The molecule has 1 fully saturated rings. The number of pyridine rings is 1. The summed E-state index contributed by atoms with van der Waals surface area (Å²) in [5, 5.41) is 8.73. The van der Waals surface area contributed by atoms with Gasteiger partial charge in [-0.15, -0.1) is 5.10 Å². The summed E-state index contributed by atoms with van der Waals surface area (Å²) in [6.07, 6.45) is 4.96. The van der Waals surface area contributed by atoms with E-state index < -0.39 is 0 Å². The van der Waals surface area contributed by atoms with E-state index in [0.29, 0.717) is 25.3 Å². The molecule has 0 N–H and O–H groups in total. The maximum Gasteiger partial charge on any atom is 0.274 e. The Bertz CT molecular complexity index is 1290. The number of halogens is 1. The fraction of sp³-hybridized carbons (Fsp3) is 0.261. The van der Waals surface area contributed by atoms with Gasteiger partial charge in [0.2, 0.25) is 0 Å². The van der Waals surface area contributed by atoms with Crippen molar-refractivity contribution >= 4 is 11.4 Å². The van der Waals surface area contributed by atoms with Gasteiger partial charge >= 0.3 is 0 Å². The first-order valence-electron chi connectivity index (χ1n) is 10.4. The number of likely N-dealkylation sites (N-methyl/N-ethyl adjacent to an activating group) is 1. The van der Waals surface area contributed by atoms with Crippen molar-refractivity contribution in [1.82, 2.24) is 34.6 Å². The Morgan fingerprint density at radius 1 is 1.09 bits per heavy atom. The number of aromatic nitrogens is 5. The standard InChI is InChI=1S/C23H22FN7O/c1-15-11-26-19(12-25-15)23(32)30-9-8-29(2)21(14-30)22-20-7-6-17(13-31(20)28-27-22)16-4-3-5-18(24)10-16/h3-7,10-13,21H,8-9,14H2,1-2H3/t21-/m0/s1. The quantitative estimate of drug-likeness (QED) is 0.496. The van der Waals surface area contributed by atoms with E-state index in [4.69, 9.17) is 0 Å². The summed E-state index contributed by atoms with van der Waals surface area (Å²) >= 11 is 0. The zero-order valence-corrected chi connectivity index (χ0v) is 17.8. The molecule has 0 aliphatic carbocycles. The second-order valence-corrected chi connectivity index (χ2v) is 8.02. The predicted molar refractivity (Wildman–Crippen MR) is 116 cm³/mol. The normalized spacial score (nSPS) is 17.1. The number of carbonyl (C=O) groups is 1. The van der Waals surface area contributed by atoms with Crippen LogP contribution in [0.2, 0.25) is 0 Å². The minimum absolute atomic E-state index is 0.108. The largest absolute Gasteiger partial charge is 0.334 e. The second kappa shape index (κ2) is 8.08. The van der Waals surface area contributed by atoms with Crippen LogP contribution >= 0.6 is 0 Å². The van der Waals surface area contributed by atoms with Crippen molar-refractivity contribution in [3.05, 3.63) is 77.9 Å². The molecule has 3 aromatic heterocycles. The van der Waals surface area contributed by atoms with Gasteiger partial charge in [0.05, 0.1) is 23.4 Å². The lowest BCUT2D eigenvalue weighted by Gasteiger charge is -2.38. The monoisotopic (exact) mass is 431 g/mol. The Hall–Kier alpha value is -3.72. The number of fused-ring (bicyclic) bond motifs is 1. The molecule has 32 heavy (non-hydrogen) atoms. The molecule has 1 saturated heterocycles. The van der Waals surface area contributed by atoms with Crippen LogP contribution in [0.4, 0.5) is 4.39 Å². The van der Waals surface area contributed by atoms with Crippen molar-refractivity contribution < 1.29 is 9.18 Å². The summed E-state index contributed by atoms with van der Waals surface area (Å²) in [7, 11) is 2.02. The number of rotatable bonds is 3. The average molecular weight is 431 g/mol. The fourth-order valence-electron chi connectivity index (χ4n) is 4.01. The van der Waals surface area contributed by atoms with Crippen molar-refractivity contribution in [2.24, 2.45) is 0 Å². The first kappa shape index (κ1) is 20.2. The molecule has 0 radical (unpaired) electrons. The Morgan fingerprint density at radius 3 is 2.75 bits per heavy atom. The Balaban J connectivity index is 1.43. The highest BCUT2D eigenvalue weighted by atomic mass is 19.1. The Morgan fingerprint density at radius 2 is 1.97 bits per heavy atom.